The van der Waals surface area contributed by atoms with Crippen LogP contribution in [0.3, 0.4) is 0 Å². The van der Waals surface area contributed by atoms with Crippen molar-refractivity contribution in [2.75, 3.05) is 5.32 Å². The lowest BCUT2D eigenvalue weighted by molar-refractivity contribution is 1.02. The Morgan fingerprint density at radius 1 is 1.06 bits per heavy atom. The lowest BCUT2D eigenvalue weighted by atomic mass is 10.0. The monoisotopic (exact) mass is 473 g/mol. The van der Waals surface area contributed by atoms with Gasteiger partial charge >= 0.3 is 0 Å². The van der Waals surface area contributed by atoms with Crippen molar-refractivity contribution in [3.8, 4) is 28.3 Å². The van der Waals surface area contributed by atoms with E-state index in [4.69, 9.17) is 4.98 Å². The number of benzene rings is 1. The van der Waals surface area contributed by atoms with Crippen molar-refractivity contribution in [3.05, 3.63) is 79.5 Å². The summed E-state index contributed by atoms with van der Waals surface area (Å²) in [5, 5.41) is 12.1. The molecule has 1 fully saturated rings. The van der Waals surface area contributed by atoms with Crippen LogP contribution >= 0.6 is 0 Å². The topological polar surface area (TPSA) is 113 Å². The SMILES string of the molecule is C=C(Nc1cncc(-c2ccc3[nH]nc(-c4nc5c(-n6cnc(C)c6)cncc5[nH]4)c3c2)c1)C1CC1. The van der Waals surface area contributed by atoms with Gasteiger partial charge in [-0.15, -0.1) is 0 Å². The van der Waals surface area contributed by atoms with Crippen LogP contribution in [0.4, 0.5) is 5.69 Å². The smallest absolute Gasteiger partial charge is 0.159 e. The fraction of sp³-hybridized carbons (Fsp3) is 0.148. The van der Waals surface area contributed by atoms with E-state index in [0.717, 1.165) is 61.5 Å². The van der Waals surface area contributed by atoms with Crippen molar-refractivity contribution in [2.24, 2.45) is 5.92 Å². The molecule has 9 nitrogen and oxygen atoms in total. The van der Waals surface area contributed by atoms with Crippen LogP contribution in [-0.2, 0) is 0 Å². The number of aromatic nitrogens is 8. The van der Waals surface area contributed by atoms with Crippen LogP contribution in [0.1, 0.15) is 18.5 Å². The molecule has 36 heavy (non-hydrogen) atoms. The van der Waals surface area contributed by atoms with Gasteiger partial charge in [-0.3, -0.25) is 15.1 Å². The molecule has 3 N–H and O–H groups in total. The Kier molecular flexibility index (Phi) is 4.50. The lowest BCUT2D eigenvalue weighted by Crippen LogP contribution is -2.00. The number of rotatable bonds is 6. The van der Waals surface area contributed by atoms with Crippen LogP contribution in [0.2, 0.25) is 0 Å². The molecule has 0 radical (unpaired) electrons. The number of nitrogens with zero attached hydrogens (tertiary/aromatic N) is 6. The van der Waals surface area contributed by atoms with Gasteiger partial charge in [-0.05, 0) is 49.4 Å². The first-order chi connectivity index (χ1) is 17.6. The van der Waals surface area contributed by atoms with Crippen molar-refractivity contribution in [1.82, 2.24) is 39.7 Å². The van der Waals surface area contributed by atoms with Crippen LogP contribution in [0.5, 0.6) is 0 Å². The molecule has 1 aliphatic carbocycles. The van der Waals surface area contributed by atoms with E-state index in [2.05, 4.69) is 60.2 Å². The van der Waals surface area contributed by atoms with Crippen molar-refractivity contribution >= 4 is 27.6 Å². The molecule has 0 bridgehead atoms. The largest absolute Gasteiger partial charge is 0.358 e. The van der Waals surface area contributed by atoms with Crippen molar-refractivity contribution < 1.29 is 0 Å². The number of aryl methyl sites for hydroxylation is 1. The highest BCUT2D eigenvalue weighted by molar-refractivity contribution is 5.96. The summed E-state index contributed by atoms with van der Waals surface area (Å²) in [6, 6.07) is 8.33. The second-order valence-corrected chi connectivity index (χ2v) is 9.28. The van der Waals surface area contributed by atoms with E-state index in [1.807, 2.05) is 36.1 Å². The number of pyridine rings is 2. The highest BCUT2D eigenvalue weighted by Gasteiger charge is 2.24. The van der Waals surface area contributed by atoms with Gasteiger partial charge in [0.25, 0.3) is 0 Å². The number of aromatic amines is 2. The summed E-state index contributed by atoms with van der Waals surface area (Å²) in [5.74, 6) is 1.25. The second kappa shape index (κ2) is 7.88. The number of imidazole rings is 2. The molecule has 0 spiro atoms. The molecular formula is C27H23N9. The molecule has 5 heterocycles. The van der Waals surface area contributed by atoms with Crippen molar-refractivity contribution in [1.29, 1.82) is 0 Å². The zero-order chi connectivity index (χ0) is 24.2. The third-order valence-electron chi connectivity index (χ3n) is 6.60. The zero-order valence-corrected chi connectivity index (χ0v) is 19.7. The minimum absolute atomic E-state index is 0.579. The summed E-state index contributed by atoms with van der Waals surface area (Å²) in [6.45, 7) is 6.12. The molecule has 0 unspecified atom stereocenters. The Morgan fingerprint density at radius 3 is 2.78 bits per heavy atom. The molecule has 176 valence electrons. The minimum atomic E-state index is 0.579. The summed E-state index contributed by atoms with van der Waals surface area (Å²) < 4.78 is 1.93. The first kappa shape index (κ1) is 20.6. The van der Waals surface area contributed by atoms with Gasteiger partial charge in [0.2, 0.25) is 0 Å². The van der Waals surface area contributed by atoms with Gasteiger partial charge in [0.1, 0.15) is 11.2 Å². The van der Waals surface area contributed by atoms with Gasteiger partial charge in [-0.25, -0.2) is 9.97 Å². The average Bonchev–Trinajstić information content (AvgIpc) is 3.30. The Hall–Kier alpha value is -4.79. The minimum Gasteiger partial charge on any atom is -0.358 e. The number of hydrogen-bond donors (Lipinski definition) is 3. The maximum absolute atomic E-state index is 4.90. The normalized spacial score (nSPS) is 13.5. The van der Waals surface area contributed by atoms with E-state index in [9.17, 15) is 0 Å². The summed E-state index contributed by atoms with van der Waals surface area (Å²) in [7, 11) is 0. The van der Waals surface area contributed by atoms with E-state index in [-0.39, 0.29) is 0 Å². The molecule has 0 aliphatic heterocycles. The first-order valence-corrected chi connectivity index (χ1v) is 11.9. The van der Waals surface area contributed by atoms with E-state index >= 15 is 0 Å². The Bertz CT molecular complexity index is 1770. The van der Waals surface area contributed by atoms with E-state index in [0.29, 0.717) is 11.7 Å². The summed E-state index contributed by atoms with van der Waals surface area (Å²) in [4.78, 5) is 21.5. The van der Waals surface area contributed by atoms with Crippen LogP contribution in [0.15, 0.2) is 73.9 Å². The maximum Gasteiger partial charge on any atom is 0.159 e. The summed E-state index contributed by atoms with van der Waals surface area (Å²) >= 11 is 0. The molecule has 1 aliphatic rings. The van der Waals surface area contributed by atoms with Gasteiger partial charge in [0.15, 0.2) is 5.82 Å². The standard InChI is InChI=1S/C27H23N9/c1-15-13-36(14-30-15)24-12-29-11-23-26(24)33-27(32-23)25-21-8-18(5-6-22(21)34-35-25)19-7-20(10-28-9-19)31-16(2)17-3-4-17/h5-14,17,31H,2-4H2,1H3,(H,32,33)(H,34,35). The quantitative estimate of drug-likeness (QED) is 0.299. The molecule has 9 heteroatoms. The lowest BCUT2D eigenvalue weighted by Gasteiger charge is -2.10. The number of H-pyrrole nitrogens is 2. The molecule has 6 aromatic rings. The maximum atomic E-state index is 4.90. The second-order valence-electron chi connectivity index (χ2n) is 9.28. The Morgan fingerprint density at radius 2 is 1.94 bits per heavy atom. The van der Waals surface area contributed by atoms with Crippen molar-refractivity contribution in [2.45, 2.75) is 19.8 Å². The molecule has 0 amide bonds. The van der Waals surface area contributed by atoms with Gasteiger partial charge < -0.3 is 14.9 Å². The molecule has 0 saturated heterocycles. The third kappa shape index (κ3) is 3.52. The van der Waals surface area contributed by atoms with Gasteiger partial charge in [0.05, 0.1) is 53.0 Å². The predicted molar refractivity (Wildman–Crippen MR) is 140 cm³/mol. The highest BCUT2D eigenvalue weighted by atomic mass is 15.1. The highest BCUT2D eigenvalue weighted by Crippen LogP contribution is 2.36. The number of nitrogens with one attached hydrogen (secondary N) is 3. The molecular weight excluding hydrogens is 450 g/mol. The Balaban J connectivity index is 1.28. The predicted octanol–water partition coefficient (Wildman–Crippen LogP) is 5.39. The average molecular weight is 474 g/mol. The van der Waals surface area contributed by atoms with E-state index in [1.54, 1.807) is 18.7 Å². The Labute approximate surface area is 206 Å². The number of hydrogen-bond acceptors (Lipinski definition) is 6. The van der Waals surface area contributed by atoms with Gasteiger partial charge in [0, 0.05) is 29.0 Å². The van der Waals surface area contributed by atoms with Gasteiger partial charge in [-0.1, -0.05) is 12.6 Å². The number of anilines is 1. The molecule has 5 aromatic heterocycles. The molecule has 1 saturated carbocycles. The fourth-order valence-corrected chi connectivity index (χ4v) is 4.53. The molecule has 7 rings (SSSR count). The van der Waals surface area contributed by atoms with Crippen molar-refractivity contribution in [3.63, 3.8) is 0 Å². The molecule has 1 aromatic carbocycles. The number of allylic oxidation sites excluding steroid dienone is 1. The molecule has 0 atom stereocenters. The van der Waals surface area contributed by atoms with Crippen LogP contribution in [0, 0.1) is 12.8 Å². The van der Waals surface area contributed by atoms with E-state index < -0.39 is 0 Å². The van der Waals surface area contributed by atoms with Crippen LogP contribution < -0.4 is 5.32 Å². The van der Waals surface area contributed by atoms with E-state index in [1.165, 1.54) is 12.8 Å². The van der Waals surface area contributed by atoms with Gasteiger partial charge in [-0.2, -0.15) is 5.10 Å². The summed E-state index contributed by atoms with van der Waals surface area (Å²) in [6.07, 6.45) is 13.4. The zero-order valence-electron chi connectivity index (χ0n) is 19.7. The van der Waals surface area contributed by atoms with Crippen LogP contribution in [-0.4, -0.2) is 39.7 Å². The van der Waals surface area contributed by atoms with Crippen LogP contribution in [0.25, 0.3) is 50.3 Å². The number of fused-ring (bicyclic) bond motifs is 2. The fourth-order valence-electron chi connectivity index (χ4n) is 4.53. The first-order valence-electron chi connectivity index (χ1n) is 11.9. The third-order valence-corrected chi connectivity index (χ3v) is 6.60. The summed E-state index contributed by atoms with van der Waals surface area (Å²) in [5.41, 5.74) is 9.19.